The predicted octanol–water partition coefficient (Wildman–Crippen LogP) is 3.32. The highest BCUT2D eigenvalue weighted by Crippen LogP contribution is 2.29. The van der Waals surface area contributed by atoms with Crippen LogP contribution in [-0.2, 0) is 0 Å². The van der Waals surface area contributed by atoms with E-state index in [9.17, 15) is 9.90 Å². The molecule has 1 amide bonds. The Bertz CT molecular complexity index is 656. The summed E-state index contributed by atoms with van der Waals surface area (Å²) in [6.07, 6.45) is 1.89. The van der Waals surface area contributed by atoms with Gasteiger partial charge in [0, 0.05) is 27.2 Å². The number of nitrogens with one attached hydrogen (secondary N) is 2. The Labute approximate surface area is 137 Å². The molecule has 0 radical (unpaired) electrons. The molecule has 7 heteroatoms. The number of H-pyrrole nitrogens is 1. The fraction of sp³-hybridized carbons (Fsp3) is 0.357. The van der Waals surface area contributed by atoms with Crippen LogP contribution in [0, 0.1) is 0 Å². The molecule has 0 saturated carbocycles. The number of aromatic amines is 1. The number of thioether (sulfide) groups is 1. The van der Waals surface area contributed by atoms with Crippen molar-refractivity contribution in [3.8, 4) is 0 Å². The highest BCUT2D eigenvalue weighted by molar-refractivity contribution is 7.99. The molecular weight excluding hydrogens is 331 g/mol. The summed E-state index contributed by atoms with van der Waals surface area (Å²) in [5.41, 5.74) is 1.06. The minimum Gasteiger partial charge on any atom is -0.395 e. The number of fused-ring (bicyclic) bond motifs is 1. The van der Waals surface area contributed by atoms with Gasteiger partial charge in [0.1, 0.15) is 5.69 Å². The van der Waals surface area contributed by atoms with E-state index < -0.39 is 0 Å². The summed E-state index contributed by atoms with van der Waals surface area (Å²) < 4.78 is 0. The molecule has 3 N–H and O–H groups in total. The molecule has 2 atom stereocenters. The van der Waals surface area contributed by atoms with Crippen molar-refractivity contribution in [1.29, 1.82) is 0 Å². The normalized spacial score (nSPS) is 14.1. The van der Waals surface area contributed by atoms with E-state index in [0.29, 0.717) is 21.1 Å². The number of halogens is 2. The molecule has 0 aliphatic heterocycles. The number of hydrogen-bond donors (Lipinski definition) is 3. The molecular formula is C14H16Cl2N2O2S. The third-order valence-corrected chi connectivity index (χ3v) is 5.11. The number of hydrogen-bond acceptors (Lipinski definition) is 3. The third kappa shape index (κ3) is 3.48. The average molecular weight is 347 g/mol. The summed E-state index contributed by atoms with van der Waals surface area (Å²) in [6, 6.07) is 5.05. The lowest BCUT2D eigenvalue weighted by atomic mass is 10.2. The minimum absolute atomic E-state index is 0.00133. The number of rotatable bonds is 5. The summed E-state index contributed by atoms with van der Waals surface area (Å²) in [5, 5.41) is 13.7. The number of aromatic nitrogens is 1. The van der Waals surface area contributed by atoms with E-state index in [1.807, 2.05) is 13.2 Å². The third-order valence-electron chi connectivity index (χ3n) is 3.32. The molecule has 4 nitrogen and oxygen atoms in total. The Hall–Kier alpha value is -0.880. The quantitative estimate of drug-likeness (QED) is 0.777. The molecule has 0 bridgehead atoms. The highest BCUT2D eigenvalue weighted by Gasteiger charge is 2.21. The summed E-state index contributed by atoms with van der Waals surface area (Å²) in [5.74, 6) is -0.299. The second kappa shape index (κ2) is 6.92. The first-order chi connectivity index (χ1) is 9.97. The van der Waals surface area contributed by atoms with Crippen molar-refractivity contribution in [3.05, 3.63) is 33.9 Å². The molecule has 0 aliphatic carbocycles. The zero-order valence-corrected chi connectivity index (χ0v) is 13.9. The topological polar surface area (TPSA) is 65.1 Å². The number of aliphatic hydroxyl groups is 1. The molecule has 114 valence electrons. The molecule has 2 unspecified atom stereocenters. The SMILES string of the molecule is CSC(CO)C(C)NC(=O)c1[nH]c2ccc(Cl)cc2c1Cl. The van der Waals surface area contributed by atoms with E-state index >= 15 is 0 Å². The molecule has 1 aromatic carbocycles. The van der Waals surface area contributed by atoms with Gasteiger partial charge in [-0.2, -0.15) is 11.8 Å². The minimum atomic E-state index is -0.299. The number of benzene rings is 1. The first kappa shape index (κ1) is 16.5. The van der Waals surface area contributed by atoms with Crippen LogP contribution in [0.1, 0.15) is 17.4 Å². The fourth-order valence-electron chi connectivity index (χ4n) is 2.10. The Morgan fingerprint density at radius 1 is 1.48 bits per heavy atom. The average Bonchev–Trinajstić information content (AvgIpc) is 2.77. The van der Waals surface area contributed by atoms with Gasteiger partial charge in [0.2, 0.25) is 0 Å². The van der Waals surface area contributed by atoms with Gasteiger partial charge in [0.15, 0.2) is 0 Å². The van der Waals surface area contributed by atoms with Gasteiger partial charge in [-0.05, 0) is 31.4 Å². The van der Waals surface area contributed by atoms with Crippen molar-refractivity contribution in [2.24, 2.45) is 0 Å². The van der Waals surface area contributed by atoms with E-state index in [2.05, 4.69) is 10.3 Å². The van der Waals surface area contributed by atoms with E-state index in [4.69, 9.17) is 23.2 Å². The molecule has 0 fully saturated rings. The van der Waals surface area contributed by atoms with E-state index in [-0.39, 0.29) is 23.8 Å². The van der Waals surface area contributed by atoms with Gasteiger partial charge in [0.25, 0.3) is 5.91 Å². The van der Waals surface area contributed by atoms with Crippen molar-refractivity contribution >= 4 is 51.8 Å². The molecule has 1 heterocycles. The van der Waals surface area contributed by atoms with Crippen LogP contribution in [0.5, 0.6) is 0 Å². The first-order valence-corrected chi connectivity index (χ1v) is 8.43. The summed E-state index contributed by atoms with van der Waals surface area (Å²) in [6.45, 7) is 1.85. The molecule has 0 saturated heterocycles. The van der Waals surface area contributed by atoms with Crippen LogP contribution in [0.15, 0.2) is 18.2 Å². The van der Waals surface area contributed by atoms with Crippen LogP contribution in [0.3, 0.4) is 0 Å². The maximum absolute atomic E-state index is 12.3. The van der Waals surface area contributed by atoms with Crippen molar-refractivity contribution in [1.82, 2.24) is 10.3 Å². The lowest BCUT2D eigenvalue weighted by molar-refractivity contribution is 0.0932. The van der Waals surface area contributed by atoms with Gasteiger partial charge in [-0.3, -0.25) is 4.79 Å². The zero-order chi connectivity index (χ0) is 15.6. The monoisotopic (exact) mass is 346 g/mol. The Balaban J connectivity index is 2.25. The molecule has 21 heavy (non-hydrogen) atoms. The molecule has 2 aromatic rings. The first-order valence-electron chi connectivity index (χ1n) is 6.39. The van der Waals surface area contributed by atoms with E-state index in [0.717, 1.165) is 5.52 Å². The van der Waals surface area contributed by atoms with Crippen LogP contribution < -0.4 is 5.32 Å². The van der Waals surface area contributed by atoms with Crippen LogP contribution in [0.2, 0.25) is 10.0 Å². The maximum atomic E-state index is 12.3. The van der Waals surface area contributed by atoms with Crippen molar-refractivity contribution in [2.45, 2.75) is 18.2 Å². The summed E-state index contributed by atoms with van der Waals surface area (Å²) >= 11 is 13.7. The van der Waals surface area contributed by atoms with Crippen LogP contribution in [0.25, 0.3) is 10.9 Å². The second-order valence-corrected chi connectivity index (χ2v) is 6.61. The number of carbonyl (C=O) groups excluding carboxylic acids is 1. The molecule has 0 spiro atoms. The second-order valence-electron chi connectivity index (χ2n) is 4.72. The predicted molar refractivity (Wildman–Crippen MR) is 89.6 cm³/mol. The number of carbonyl (C=O) groups is 1. The van der Waals surface area contributed by atoms with Gasteiger partial charge in [-0.25, -0.2) is 0 Å². The van der Waals surface area contributed by atoms with Gasteiger partial charge in [-0.1, -0.05) is 23.2 Å². The van der Waals surface area contributed by atoms with Gasteiger partial charge >= 0.3 is 0 Å². The standard InChI is InChI=1S/C14H16Cl2N2O2S/c1-7(11(6-19)21-2)17-14(20)13-12(16)9-5-8(15)3-4-10(9)18-13/h3-5,7,11,18-19H,6H2,1-2H3,(H,17,20). The zero-order valence-electron chi connectivity index (χ0n) is 11.6. The van der Waals surface area contributed by atoms with Gasteiger partial charge in [0.05, 0.1) is 11.6 Å². The Kier molecular flexibility index (Phi) is 5.43. The number of amides is 1. The van der Waals surface area contributed by atoms with Gasteiger partial charge < -0.3 is 15.4 Å². The highest BCUT2D eigenvalue weighted by atomic mass is 35.5. The Morgan fingerprint density at radius 3 is 2.81 bits per heavy atom. The maximum Gasteiger partial charge on any atom is 0.269 e. The van der Waals surface area contributed by atoms with Crippen molar-refractivity contribution in [2.75, 3.05) is 12.9 Å². The van der Waals surface area contributed by atoms with Crippen LogP contribution in [-0.4, -0.2) is 40.2 Å². The number of aliphatic hydroxyl groups excluding tert-OH is 1. The van der Waals surface area contributed by atoms with E-state index in [1.165, 1.54) is 11.8 Å². The smallest absolute Gasteiger partial charge is 0.269 e. The fourth-order valence-corrected chi connectivity index (χ4v) is 3.18. The largest absolute Gasteiger partial charge is 0.395 e. The van der Waals surface area contributed by atoms with Crippen LogP contribution >= 0.6 is 35.0 Å². The summed E-state index contributed by atoms with van der Waals surface area (Å²) in [4.78, 5) is 15.3. The van der Waals surface area contributed by atoms with Crippen LogP contribution in [0.4, 0.5) is 0 Å². The van der Waals surface area contributed by atoms with E-state index in [1.54, 1.807) is 18.2 Å². The molecule has 0 aliphatic rings. The summed E-state index contributed by atoms with van der Waals surface area (Å²) in [7, 11) is 0. The van der Waals surface area contributed by atoms with Crippen molar-refractivity contribution in [3.63, 3.8) is 0 Å². The van der Waals surface area contributed by atoms with Gasteiger partial charge in [-0.15, -0.1) is 0 Å². The Morgan fingerprint density at radius 2 is 2.19 bits per heavy atom. The molecule has 2 rings (SSSR count). The van der Waals surface area contributed by atoms with Crippen molar-refractivity contribution < 1.29 is 9.90 Å². The lowest BCUT2D eigenvalue weighted by Crippen LogP contribution is -2.41. The molecule has 1 aromatic heterocycles. The lowest BCUT2D eigenvalue weighted by Gasteiger charge is -2.21.